The van der Waals surface area contributed by atoms with E-state index in [1.807, 2.05) is 0 Å². The van der Waals surface area contributed by atoms with E-state index in [9.17, 15) is 5.11 Å². The highest BCUT2D eigenvalue weighted by Crippen LogP contribution is 2.42. The van der Waals surface area contributed by atoms with Crippen LogP contribution in [0.1, 0.15) is 13.8 Å². The number of rotatable bonds is 1. The molecule has 0 aromatic rings. The van der Waals surface area contributed by atoms with Gasteiger partial charge in [-0.05, 0) is 13.8 Å². The third-order valence-electron chi connectivity index (χ3n) is 2.68. The minimum Gasteiger partial charge on any atom is -0.394 e. The summed E-state index contributed by atoms with van der Waals surface area (Å²) in [4.78, 5) is 0. The van der Waals surface area contributed by atoms with Gasteiger partial charge in [0.2, 0.25) is 0 Å². The summed E-state index contributed by atoms with van der Waals surface area (Å²) < 4.78 is 16.1. The van der Waals surface area contributed by atoms with Crippen molar-refractivity contribution >= 4 is 0 Å². The molecule has 0 bridgehead atoms. The van der Waals surface area contributed by atoms with Crippen LogP contribution >= 0.6 is 0 Å². The monoisotopic (exact) mass is 214 g/mol. The number of hydrogen-bond acceptors (Lipinski definition) is 5. The van der Waals surface area contributed by atoms with Gasteiger partial charge in [0.25, 0.3) is 0 Å². The average molecular weight is 214 g/mol. The zero-order valence-electron chi connectivity index (χ0n) is 8.64. The molecule has 0 aromatic heterocycles. The molecule has 5 nitrogen and oxygen atoms in total. The fourth-order valence-corrected chi connectivity index (χ4v) is 1.93. The summed E-state index contributed by atoms with van der Waals surface area (Å²) in [6.45, 7) is 3.04. The maximum Gasteiger partial charge on any atom is 0.191 e. The Morgan fingerprint density at radius 1 is 1.40 bits per heavy atom. The van der Waals surface area contributed by atoms with E-state index in [1.54, 1.807) is 13.8 Å². The summed E-state index contributed by atoms with van der Waals surface area (Å²) >= 11 is 0. The Kier molecular flexibility index (Phi) is 2.30. The first-order valence-corrected chi connectivity index (χ1v) is 4.75. The predicted octanol–water partition coefficient (Wildman–Crippen LogP) is -0.781. The van der Waals surface area contributed by atoms with Crippen LogP contribution < -0.4 is 0 Å². The van der Waals surface area contributed by atoms with Gasteiger partial charge < -0.3 is 24.4 Å². The fraction of sp³-hybridized carbons (Fsp3) is 0.800. The van der Waals surface area contributed by atoms with Crippen molar-refractivity contribution < 1.29 is 24.4 Å². The summed E-state index contributed by atoms with van der Waals surface area (Å²) in [5.74, 6) is 1.38. The largest absolute Gasteiger partial charge is 0.394 e. The zero-order valence-corrected chi connectivity index (χ0v) is 8.64. The number of aliphatic hydroxyl groups excluding tert-OH is 1. The Labute approximate surface area is 87.9 Å². The van der Waals surface area contributed by atoms with Crippen molar-refractivity contribution in [2.45, 2.75) is 43.7 Å². The molecule has 2 heterocycles. The van der Waals surface area contributed by atoms with E-state index in [2.05, 4.69) is 5.92 Å². The van der Waals surface area contributed by atoms with Crippen LogP contribution in [0.4, 0.5) is 0 Å². The highest BCUT2D eigenvalue weighted by Gasteiger charge is 2.62. The van der Waals surface area contributed by atoms with Crippen molar-refractivity contribution in [1.82, 2.24) is 0 Å². The molecular weight excluding hydrogens is 200 g/mol. The van der Waals surface area contributed by atoms with E-state index in [0.29, 0.717) is 0 Å². The van der Waals surface area contributed by atoms with Crippen LogP contribution in [0, 0.1) is 12.3 Å². The quantitative estimate of drug-likeness (QED) is 0.560. The number of hydrogen-bond donors (Lipinski definition) is 2. The first-order chi connectivity index (χ1) is 6.93. The summed E-state index contributed by atoms with van der Waals surface area (Å²) in [5, 5.41) is 19.2. The van der Waals surface area contributed by atoms with E-state index < -0.39 is 29.9 Å². The lowest BCUT2D eigenvalue weighted by atomic mass is 9.94. The Balaban J connectivity index is 2.27. The van der Waals surface area contributed by atoms with Gasteiger partial charge in [-0.25, -0.2) is 0 Å². The van der Waals surface area contributed by atoms with Gasteiger partial charge in [-0.2, -0.15) is 0 Å². The van der Waals surface area contributed by atoms with Crippen molar-refractivity contribution in [2.24, 2.45) is 0 Å². The summed E-state index contributed by atoms with van der Waals surface area (Å²) in [6.07, 6.45) is 2.91. The van der Waals surface area contributed by atoms with Gasteiger partial charge in [0.1, 0.15) is 6.10 Å². The first-order valence-electron chi connectivity index (χ1n) is 4.75. The van der Waals surface area contributed by atoms with Gasteiger partial charge in [-0.1, -0.05) is 5.92 Å². The lowest BCUT2D eigenvalue weighted by molar-refractivity contribution is -0.225. The molecule has 0 aromatic carbocycles. The molecule has 2 rings (SSSR count). The molecule has 5 heteroatoms. The summed E-state index contributed by atoms with van der Waals surface area (Å²) in [5.41, 5.74) is -1.63. The van der Waals surface area contributed by atoms with Crippen LogP contribution in [0.25, 0.3) is 0 Å². The first kappa shape index (κ1) is 10.9. The zero-order chi connectivity index (χ0) is 11.3. The van der Waals surface area contributed by atoms with Gasteiger partial charge in [0.15, 0.2) is 23.8 Å². The Morgan fingerprint density at radius 3 is 2.60 bits per heavy atom. The maximum absolute atomic E-state index is 10.1. The smallest absolute Gasteiger partial charge is 0.191 e. The standard InChI is InChI=1S/C10H14O5/c1-4-10(12)6(5-11)13-8-7(10)14-9(2,3)15-8/h1,6-8,11-12H,5H2,2-3H3/t6-,7+,8-,10-/m1/s1. The molecule has 0 amide bonds. The second kappa shape index (κ2) is 3.17. The molecular formula is C10H14O5. The van der Waals surface area contributed by atoms with E-state index in [-0.39, 0.29) is 6.61 Å². The Bertz CT molecular complexity index is 307. The van der Waals surface area contributed by atoms with Crippen LogP contribution in [0.3, 0.4) is 0 Å². The second-order valence-electron chi connectivity index (χ2n) is 4.20. The molecule has 4 atom stereocenters. The van der Waals surface area contributed by atoms with Gasteiger partial charge in [-0.15, -0.1) is 6.42 Å². The summed E-state index contributed by atoms with van der Waals surface area (Å²) in [6, 6.07) is 0. The number of aliphatic hydroxyl groups is 2. The highest BCUT2D eigenvalue weighted by atomic mass is 16.8. The van der Waals surface area contributed by atoms with Crippen molar-refractivity contribution in [3.05, 3.63) is 0 Å². The number of ether oxygens (including phenoxy) is 3. The van der Waals surface area contributed by atoms with Crippen LogP contribution in [0.5, 0.6) is 0 Å². The van der Waals surface area contributed by atoms with Crippen molar-refractivity contribution in [3.8, 4) is 12.3 Å². The molecule has 2 aliphatic heterocycles. The topological polar surface area (TPSA) is 68.2 Å². The molecule has 0 unspecified atom stereocenters. The predicted molar refractivity (Wildman–Crippen MR) is 49.6 cm³/mol. The van der Waals surface area contributed by atoms with E-state index in [0.717, 1.165) is 0 Å². The van der Waals surface area contributed by atoms with E-state index >= 15 is 0 Å². The molecule has 0 radical (unpaired) electrons. The third-order valence-corrected chi connectivity index (χ3v) is 2.68. The van der Waals surface area contributed by atoms with E-state index in [4.69, 9.17) is 25.7 Å². The third kappa shape index (κ3) is 1.46. The lowest BCUT2D eigenvalue weighted by Gasteiger charge is -2.28. The van der Waals surface area contributed by atoms with Crippen LogP contribution in [0.15, 0.2) is 0 Å². The average Bonchev–Trinajstić information content (AvgIpc) is 2.60. The Morgan fingerprint density at radius 2 is 2.07 bits per heavy atom. The molecule has 84 valence electrons. The normalized spacial score (nSPS) is 47.5. The van der Waals surface area contributed by atoms with E-state index in [1.165, 1.54) is 0 Å². The van der Waals surface area contributed by atoms with Gasteiger partial charge >= 0.3 is 0 Å². The lowest BCUT2D eigenvalue weighted by Crippen LogP contribution is -2.49. The van der Waals surface area contributed by atoms with Crippen molar-refractivity contribution in [2.75, 3.05) is 6.61 Å². The van der Waals surface area contributed by atoms with Crippen molar-refractivity contribution in [3.63, 3.8) is 0 Å². The van der Waals surface area contributed by atoms with Crippen LogP contribution in [-0.4, -0.2) is 46.7 Å². The van der Waals surface area contributed by atoms with Crippen LogP contribution in [0.2, 0.25) is 0 Å². The fourth-order valence-electron chi connectivity index (χ4n) is 1.93. The molecule has 0 saturated carbocycles. The number of fused-ring (bicyclic) bond motifs is 1. The minimum atomic E-state index is -1.63. The number of terminal acetylenes is 1. The van der Waals surface area contributed by atoms with Crippen molar-refractivity contribution in [1.29, 1.82) is 0 Å². The molecule has 0 aliphatic carbocycles. The molecule has 0 spiro atoms. The molecule has 2 saturated heterocycles. The van der Waals surface area contributed by atoms with Gasteiger partial charge in [0.05, 0.1) is 6.61 Å². The van der Waals surface area contributed by atoms with Gasteiger partial charge in [-0.3, -0.25) is 0 Å². The molecule has 2 N–H and O–H groups in total. The second-order valence-corrected chi connectivity index (χ2v) is 4.20. The molecule has 15 heavy (non-hydrogen) atoms. The minimum absolute atomic E-state index is 0.374. The SMILES string of the molecule is C#C[C@@]1(O)[C@@H](CO)O[C@@H]2OC(C)(C)O[C@@H]21. The molecule has 2 aliphatic rings. The highest BCUT2D eigenvalue weighted by molar-refractivity contribution is 5.21. The molecule has 2 fully saturated rings. The summed E-state index contributed by atoms with van der Waals surface area (Å²) in [7, 11) is 0. The van der Waals surface area contributed by atoms with Gasteiger partial charge in [0, 0.05) is 0 Å². The van der Waals surface area contributed by atoms with Crippen LogP contribution in [-0.2, 0) is 14.2 Å². The Hall–Kier alpha value is -0.640. The maximum atomic E-state index is 10.1.